The fourth-order valence-electron chi connectivity index (χ4n) is 2.79. The van der Waals surface area contributed by atoms with Crippen LogP contribution in [0.2, 0.25) is 5.02 Å². The lowest BCUT2D eigenvalue weighted by Crippen LogP contribution is -2.38. The second kappa shape index (κ2) is 9.80. The van der Waals surface area contributed by atoms with Crippen LogP contribution < -0.4 is 14.4 Å². The van der Waals surface area contributed by atoms with Crippen LogP contribution in [-0.2, 0) is 14.8 Å². The van der Waals surface area contributed by atoms with Gasteiger partial charge in [-0.05, 0) is 79.7 Å². The number of benzene rings is 3. The van der Waals surface area contributed by atoms with E-state index >= 15 is 0 Å². The Morgan fingerprint density at radius 1 is 1.00 bits per heavy atom. The van der Waals surface area contributed by atoms with Crippen molar-refractivity contribution in [2.75, 3.05) is 22.8 Å². The van der Waals surface area contributed by atoms with Crippen LogP contribution in [0.5, 0.6) is 5.75 Å². The van der Waals surface area contributed by atoms with Gasteiger partial charge in [-0.2, -0.15) is 0 Å². The quantitative estimate of drug-likeness (QED) is 0.526. The molecule has 3 aromatic rings. The molecule has 3 aromatic carbocycles. The SMILES string of the molecule is CCOc1ccc(S(=O)(=O)N(CC(=O)Nc2ccc(Cl)cc2)c2ccc(F)cc2)cc1. The molecule has 0 saturated heterocycles. The number of amides is 1. The summed E-state index contributed by atoms with van der Waals surface area (Å²) in [6.07, 6.45) is 0. The fourth-order valence-corrected chi connectivity index (χ4v) is 4.34. The van der Waals surface area contributed by atoms with E-state index < -0.39 is 28.3 Å². The predicted molar refractivity (Wildman–Crippen MR) is 119 cm³/mol. The number of carbonyl (C=O) groups is 1. The van der Waals surface area contributed by atoms with Gasteiger partial charge in [0.2, 0.25) is 5.91 Å². The van der Waals surface area contributed by atoms with Crippen molar-refractivity contribution in [3.8, 4) is 5.75 Å². The highest BCUT2D eigenvalue weighted by atomic mass is 35.5. The summed E-state index contributed by atoms with van der Waals surface area (Å²) in [5.41, 5.74) is 0.619. The average molecular weight is 463 g/mol. The molecule has 0 radical (unpaired) electrons. The smallest absolute Gasteiger partial charge is 0.264 e. The largest absolute Gasteiger partial charge is 0.494 e. The third-order valence-corrected chi connectivity index (χ3v) is 6.29. The molecule has 0 fully saturated rings. The third kappa shape index (κ3) is 5.74. The number of hydrogen-bond acceptors (Lipinski definition) is 4. The first-order valence-electron chi connectivity index (χ1n) is 9.36. The van der Waals surface area contributed by atoms with E-state index in [0.29, 0.717) is 23.1 Å². The van der Waals surface area contributed by atoms with Crippen LogP contribution >= 0.6 is 11.6 Å². The number of nitrogens with one attached hydrogen (secondary N) is 1. The summed E-state index contributed by atoms with van der Waals surface area (Å²) in [6.45, 7) is 1.75. The van der Waals surface area contributed by atoms with Crippen LogP contribution in [0, 0.1) is 5.82 Å². The van der Waals surface area contributed by atoms with Crippen LogP contribution in [-0.4, -0.2) is 27.5 Å². The molecule has 0 saturated carbocycles. The van der Waals surface area contributed by atoms with Crippen molar-refractivity contribution in [2.45, 2.75) is 11.8 Å². The number of ether oxygens (including phenoxy) is 1. The zero-order valence-corrected chi connectivity index (χ0v) is 18.2. The molecule has 162 valence electrons. The van der Waals surface area contributed by atoms with E-state index in [1.54, 1.807) is 24.3 Å². The van der Waals surface area contributed by atoms with E-state index in [-0.39, 0.29) is 10.6 Å². The van der Waals surface area contributed by atoms with E-state index in [1.807, 2.05) is 6.92 Å². The lowest BCUT2D eigenvalue weighted by atomic mass is 10.3. The molecule has 31 heavy (non-hydrogen) atoms. The normalized spacial score (nSPS) is 11.1. The summed E-state index contributed by atoms with van der Waals surface area (Å²) >= 11 is 5.84. The van der Waals surface area contributed by atoms with Gasteiger partial charge in [0, 0.05) is 10.7 Å². The number of halogens is 2. The summed E-state index contributed by atoms with van der Waals surface area (Å²) in [7, 11) is -4.12. The molecule has 0 aliphatic rings. The molecular weight excluding hydrogens is 443 g/mol. The minimum atomic E-state index is -4.12. The molecule has 0 aliphatic carbocycles. The minimum Gasteiger partial charge on any atom is -0.494 e. The lowest BCUT2D eigenvalue weighted by molar-refractivity contribution is -0.114. The maximum atomic E-state index is 13.4. The standard InChI is InChI=1S/C22H20ClFN2O4S/c1-2-30-20-11-13-21(14-12-20)31(28,29)26(19-9-5-17(24)6-10-19)15-22(27)25-18-7-3-16(23)4-8-18/h3-14H,2,15H2,1H3,(H,25,27). The van der Waals surface area contributed by atoms with E-state index in [2.05, 4.69) is 5.32 Å². The molecule has 9 heteroatoms. The molecule has 0 spiro atoms. The molecule has 3 rings (SSSR count). The van der Waals surface area contributed by atoms with E-state index in [1.165, 1.54) is 36.4 Å². The predicted octanol–water partition coefficient (Wildman–Crippen LogP) is 4.71. The molecule has 1 amide bonds. The molecule has 6 nitrogen and oxygen atoms in total. The zero-order valence-electron chi connectivity index (χ0n) is 16.6. The second-order valence-electron chi connectivity index (χ2n) is 6.45. The summed E-state index contributed by atoms with van der Waals surface area (Å²) in [5, 5.41) is 3.14. The van der Waals surface area contributed by atoms with Gasteiger partial charge in [0.05, 0.1) is 17.2 Å². The topological polar surface area (TPSA) is 75.7 Å². The second-order valence-corrected chi connectivity index (χ2v) is 8.75. The molecule has 0 unspecified atom stereocenters. The molecule has 0 heterocycles. The lowest BCUT2D eigenvalue weighted by Gasteiger charge is -2.24. The highest BCUT2D eigenvalue weighted by Crippen LogP contribution is 2.26. The van der Waals surface area contributed by atoms with Gasteiger partial charge in [-0.25, -0.2) is 12.8 Å². The minimum absolute atomic E-state index is 0.0282. The maximum absolute atomic E-state index is 13.4. The van der Waals surface area contributed by atoms with Gasteiger partial charge in [-0.3, -0.25) is 9.10 Å². The van der Waals surface area contributed by atoms with E-state index in [4.69, 9.17) is 16.3 Å². The number of nitrogens with zero attached hydrogens (tertiary/aromatic N) is 1. The van der Waals surface area contributed by atoms with Gasteiger partial charge in [-0.15, -0.1) is 0 Å². The third-order valence-electron chi connectivity index (χ3n) is 4.25. The maximum Gasteiger partial charge on any atom is 0.264 e. The Bertz CT molecular complexity index is 1140. The van der Waals surface area contributed by atoms with E-state index in [0.717, 1.165) is 16.4 Å². The number of carbonyl (C=O) groups excluding carboxylic acids is 1. The van der Waals surface area contributed by atoms with Crippen molar-refractivity contribution < 1.29 is 22.3 Å². The van der Waals surface area contributed by atoms with Crippen molar-refractivity contribution in [2.24, 2.45) is 0 Å². The van der Waals surface area contributed by atoms with Crippen molar-refractivity contribution in [3.05, 3.63) is 83.6 Å². The molecule has 1 N–H and O–H groups in total. The Labute approximate surface area is 185 Å². The van der Waals surface area contributed by atoms with Crippen molar-refractivity contribution in [3.63, 3.8) is 0 Å². The zero-order chi connectivity index (χ0) is 22.4. The monoisotopic (exact) mass is 462 g/mol. The Hall–Kier alpha value is -3.10. The van der Waals surface area contributed by atoms with Gasteiger partial charge in [0.1, 0.15) is 18.1 Å². The molecule has 0 bridgehead atoms. The Balaban J connectivity index is 1.90. The van der Waals surface area contributed by atoms with Gasteiger partial charge >= 0.3 is 0 Å². The number of rotatable bonds is 8. The molecular formula is C22H20ClFN2O4S. The summed E-state index contributed by atoms with van der Waals surface area (Å²) in [5.74, 6) is -0.566. The van der Waals surface area contributed by atoms with Crippen molar-refractivity contribution in [1.82, 2.24) is 0 Å². The van der Waals surface area contributed by atoms with Gasteiger partial charge in [-0.1, -0.05) is 11.6 Å². The Morgan fingerprint density at radius 2 is 1.61 bits per heavy atom. The highest BCUT2D eigenvalue weighted by molar-refractivity contribution is 7.92. The Morgan fingerprint density at radius 3 is 2.19 bits per heavy atom. The average Bonchev–Trinajstić information content (AvgIpc) is 2.75. The summed E-state index contributed by atoms with van der Waals surface area (Å²) in [6, 6.07) is 17.1. The van der Waals surface area contributed by atoms with Crippen LogP contribution in [0.15, 0.2) is 77.7 Å². The van der Waals surface area contributed by atoms with Gasteiger partial charge < -0.3 is 10.1 Å². The highest BCUT2D eigenvalue weighted by Gasteiger charge is 2.27. The van der Waals surface area contributed by atoms with Gasteiger partial charge in [0.25, 0.3) is 10.0 Å². The summed E-state index contributed by atoms with van der Waals surface area (Å²) < 4.78 is 46.3. The van der Waals surface area contributed by atoms with E-state index in [9.17, 15) is 17.6 Å². The van der Waals surface area contributed by atoms with Crippen molar-refractivity contribution in [1.29, 1.82) is 0 Å². The van der Waals surface area contributed by atoms with Gasteiger partial charge in [0.15, 0.2) is 0 Å². The molecule has 0 atom stereocenters. The molecule has 0 aromatic heterocycles. The first kappa shape index (κ1) is 22.6. The molecule has 0 aliphatic heterocycles. The first-order valence-corrected chi connectivity index (χ1v) is 11.2. The fraction of sp³-hybridized carbons (Fsp3) is 0.136. The number of sulfonamides is 1. The van der Waals surface area contributed by atoms with Crippen LogP contribution in [0.1, 0.15) is 6.92 Å². The van der Waals surface area contributed by atoms with Crippen molar-refractivity contribution >= 4 is 38.9 Å². The summed E-state index contributed by atoms with van der Waals surface area (Å²) in [4.78, 5) is 12.6. The van der Waals surface area contributed by atoms with Crippen LogP contribution in [0.3, 0.4) is 0 Å². The number of anilines is 2. The number of hydrogen-bond donors (Lipinski definition) is 1. The first-order chi connectivity index (χ1) is 14.8. The van der Waals surface area contributed by atoms with Crippen LogP contribution in [0.25, 0.3) is 0 Å². The Kier molecular flexibility index (Phi) is 7.14. The van der Waals surface area contributed by atoms with Crippen LogP contribution in [0.4, 0.5) is 15.8 Å².